The van der Waals surface area contributed by atoms with Crippen molar-refractivity contribution < 1.29 is 14.3 Å². The third kappa shape index (κ3) is 4.80. The fraction of sp³-hybridized carbons (Fsp3) is 0.500. The molecule has 0 radical (unpaired) electrons. The Morgan fingerprint density at radius 3 is 2.79 bits per heavy atom. The molecule has 0 spiro atoms. The lowest BCUT2D eigenvalue weighted by molar-refractivity contribution is -0.119. The fourth-order valence-electron chi connectivity index (χ4n) is 3.09. The van der Waals surface area contributed by atoms with E-state index in [0.29, 0.717) is 16.6 Å². The zero-order valence-corrected chi connectivity index (χ0v) is 17.0. The minimum atomic E-state index is -0.560. The smallest absolute Gasteiger partial charge is 0.321 e. The first-order valence-electron chi connectivity index (χ1n) is 9.19. The highest BCUT2D eigenvalue weighted by Gasteiger charge is 2.23. The molecule has 1 atom stereocenters. The van der Waals surface area contributed by atoms with E-state index in [1.165, 1.54) is 16.4 Å². The van der Waals surface area contributed by atoms with Gasteiger partial charge in [0.05, 0.1) is 12.4 Å². The van der Waals surface area contributed by atoms with Gasteiger partial charge in [0.1, 0.15) is 11.4 Å². The Kier molecular flexibility index (Phi) is 6.50. The van der Waals surface area contributed by atoms with Crippen molar-refractivity contribution in [2.75, 3.05) is 7.11 Å². The maximum absolute atomic E-state index is 12.4. The van der Waals surface area contributed by atoms with Gasteiger partial charge >= 0.3 is 6.03 Å². The predicted molar refractivity (Wildman–Crippen MR) is 105 cm³/mol. The number of aromatic nitrogens is 4. The average Bonchev–Trinajstić information content (AvgIpc) is 3.33. The molecule has 2 N–H and O–H groups in total. The number of ether oxygens (including phenoxy) is 1. The number of tetrazole rings is 1. The number of methoxy groups -OCH3 is 1. The van der Waals surface area contributed by atoms with E-state index in [9.17, 15) is 9.59 Å². The summed E-state index contributed by atoms with van der Waals surface area (Å²) in [5, 5.41) is 16.9. The Hall–Kier alpha value is -2.62. The van der Waals surface area contributed by atoms with Crippen molar-refractivity contribution in [3.63, 3.8) is 0 Å². The van der Waals surface area contributed by atoms with Gasteiger partial charge in [-0.3, -0.25) is 10.1 Å². The Bertz CT molecular complexity index is 850. The van der Waals surface area contributed by atoms with E-state index in [4.69, 9.17) is 4.74 Å². The van der Waals surface area contributed by atoms with Crippen LogP contribution in [0.1, 0.15) is 38.2 Å². The lowest BCUT2D eigenvalue weighted by Gasteiger charge is -2.15. The van der Waals surface area contributed by atoms with Gasteiger partial charge in [0, 0.05) is 6.04 Å². The molecule has 28 heavy (non-hydrogen) atoms. The molecule has 1 heterocycles. The summed E-state index contributed by atoms with van der Waals surface area (Å²) < 4.78 is 6.92. The normalized spacial score (nSPS) is 15.2. The van der Waals surface area contributed by atoms with Crippen LogP contribution in [0.15, 0.2) is 23.4 Å². The third-order valence-corrected chi connectivity index (χ3v) is 5.62. The number of benzene rings is 1. The molecule has 1 aliphatic carbocycles. The minimum absolute atomic E-state index is 0.150. The molecule has 3 amide bonds. The zero-order chi connectivity index (χ0) is 20.1. The number of carbonyl (C=O) groups is 2. The maximum atomic E-state index is 12.4. The Balaban J connectivity index is 1.66. The van der Waals surface area contributed by atoms with Gasteiger partial charge in [-0.15, -0.1) is 5.10 Å². The quantitative estimate of drug-likeness (QED) is 0.710. The Morgan fingerprint density at radius 1 is 1.32 bits per heavy atom. The number of amides is 3. The summed E-state index contributed by atoms with van der Waals surface area (Å²) in [4.78, 5) is 24.4. The van der Waals surface area contributed by atoms with Crippen molar-refractivity contribution in [3.05, 3.63) is 23.8 Å². The molecule has 9 nitrogen and oxygen atoms in total. The first-order chi connectivity index (χ1) is 13.5. The van der Waals surface area contributed by atoms with Crippen LogP contribution < -0.4 is 15.4 Å². The predicted octanol–water partition coefficient (Wildman–Crippen LogP) is 2.23. The van der Waals surface area contributed by atoms with Crippen LogP contribution in [-0.2, 0) is 4.79 Å². The molecule has 1 saturated carbocycles. The molecule has 2 aromatic rings. The van der Waals surface area contributed by atoms with Crippen molar-refractivity contribution in [3.8, 4) is 11.4 Å². The van der Waals surface area contributed by atoms with Crippen LogP contribution >= 0.6 is 11.8 Å². The van der Waals surface area contributed by atoms with E-state index in [2.05, 4.69) is 26.2 Å². The first-order valence-corrected chi connectivity index (χ1v) is 10.1. The summed E-state index contributed by atoms with van der Waals surface area (Å²) in [6, 6.07) is 5.36. The highest BCUT2D eigenvalue weighted by atomic mass is 32.2. The van der Waals surface area contributed by atoms with Crippen molar-refractivity contribution in [2.45, 2.75) is 56.0 Å². The second kappa shape index (κ2) is 9.05. The fourth-order valence-corrected chi connectivity index (χ4v) is 3.89. The number of nitrogens with one attached hydrogen (secondary N) is 2. The van der Waals surface area contributed by atoms with Crippen LogP contribution in [0.25, 0.3) is 5.69 Å². The number of nitrogens with zero attached hydrogens (tertiary/aromatic N) is 4. The SMILES string of the molecule is COc1ccc(C)cc1-n1nnnc1S[C@@H](C)C(=O)NC(=O)NC1CCCC1. The van der Waals surface area contributed by atoms with Gasteiger partial charge in [-0.1, -0.05) is 30.7 Å². The Morgan fingerprint density at radius 2 is 2.07 bits per heavy atom. The van der Waals surface area contributed by atoms with E-state index < -0.39 is 17.2 Å². The standard InChI is InChI=1S/C18H24N6O3S/c1-11-8-9-15(27-3)14(10-11)24-18(21-22-23-24)28-12(2)16(25)20-17(26)19-13-6-4-5-7-13/h8-10,12-13H,4-7H2,1-3H3,(H2,19,20,25,26)/t12-/m0/s1. The number of imide groups is 1. The highest BCUT2D eigenvalue weighted by Crippen LogP contribution is 2.28. The summed E-state index contributed by atoms with van der Waals surface area (Å²) >= 11 is 1.17. The summed E-state index contributed by atoms with van der Waals surface area (Å²) in [7, 11) is 1.57. The molecule has 0 aliphatic heterocycles. The second-order valence-electron chi connectivity index (χ2n) is 6.75. The molecular formula is C18H24N6O3S. The third-order valence-electron chi connectivity index (χ3n) is 4.58. The number of rotatable bonds is 6. The Labute approximate surface area is 167 Å². The largest absolute Gasteiger partial charge is 0.494 e. The summed E-state index contributed by atoms with van der Waals surface area (Å²) in [6.45, 7) is 3.66. The molecular weight excluding hydrogens is 380 g/mol. The molecule has 1 fully saturated rings. The first kappa shape index (κ1) is 20.1. The summed E-state index contributed by atoms with van der Waals surface area (Å²) in [5.41, 5.74) is 1.71. The average molecular weight is 404 g/mol. The minimum Gasteiger partial charge on any atom is -0.494 e. The molecule has 150 valence electrons. The molecule has 0 bridgehead atoms. The molecule has 0 unspecified atom stereocenters. The summed E-state index contributed by atoms with van der Waals surface area (Å²) in [6.07, 6.45) is 4.13. The van der Waals surface area contributed by atoms with Crippen LogP contribution in [0, 0.1) is 6.92 Å². The maximum Gasteiger partial charge on any atom is 0.321 e. The number of thioether (sulfide) groups is 1. The topological polar surface area (TPSA) is 111 Å². The highest BCUT2D eigenvalue weighted by molar-refractivity contribution is 8.00. The molecule has 1 aliphatic rings. The van der Waals surface area contributed by atoms with Gasteiger partial charge in [-0.25, -0.2) is 4.79 Å². The van der Waals surface area contributed by atoms with Crippen LogP contribution in [0.3, 0.4) is 0 Å². The number of urea groups is 1. The van der Waals surface area contributed by atoms with Gasteiger partial charge in [-0.2, -0.15) is 4.68 Å². The van der Waals surface area contributed by atoms with Crippen molar-refractivity contribution >= 4 is 23.7 Å². The molecule has 0 saturated heterocycles. The number of carbonyl (C=O) groups excluding carboxylic acids is 2. The van der Waals surface area contributed by atoms with Crippen LogP contribution in [-0.4, -0.2) is 50.5 Å². The lowest BCUT2D eigenvalue weighted by atomic mass is 10.2. The molecule has 1 aromatic carbocycles. The van der Waals surface area contributed by atoms with E-state index in [-0.39, 0.29) is 6.04 Å². The van der Waals surface area contributed by atoms with Crippen LogP contribution in [0.4, 0.5) is 4.79 Å². The van der Waals surface area contributed by atoms with Crippen molar-refractivity contribution in [1.82, 2.24) is 30.8 Å². The lowest BCUT2D eigenvalue weighted by Crippen LogP contribution is -2.45. The summed E-state index contributed by atoms with van der Waals surface area (Å²) in [5.74, 6) is 0.221. The monoisotopic (exact) mass is 404 g/mol. The number of hydrogen-bond donors (Lipinski definition) is 2. The van der Waals surface area contributed by atoms with E-state index in [1.54, 1.807) is 14.0 Å². The second-order valence-corrected chi connectivity index (χ2v) is 8.06. The van der Waals surface area contributed by atoms with Gasteiger partial charge in [0.25, 0.3) is 0 Å². The van der Waals surface area contributed by atoms with Crippen LogP contribution in [0.2, 0.25) is 0 Å². The number of hydrogen-bond acceptors (Lipinski definition) is 7. The van der Waals surface area contributed by atoms with E-state index in [1.807, 2.05) is 25.1 Å². The molecule has 1 aromatic heterocycles. The van der Waals surface area contributed by atoms with Gasteiger partial charge in [0.2, 0.25) is 11.1 Å². The van der Waals surface area contributed by atoms with Crippen molar-refractivity contribution in [2.24, 2.45) is 0 Å². The van der Waals surface area contributed by atoms with E-state index >= 15 is 0 Å². The number of aryl methyl sites for hydroxylation is 1. The molecule has 3 rings (SSSR count). The van der Waals surface area contributed by atoms with Crippen molar-refractivity contribution in [1.29, 1.82) is 0 Å². The van der Waals surface area contributed by atoms with Gasteiger partial charge in [-0.05, 0) is 54.8 Å². The van der Waals surface area contributed by atoms with Gasteiger partial charge < -0.3 is 10.1 Å². The van der Waals surface area contributed by atoms with Crippen LogP contribution in [0.5, 0.6) is 5.75 Å². The van der Waals surface area contributed by atoms with Gasteiger partial charge in [0.15, 0.2) is 0 Å². The van der Waals surface area contributed by atoms with E-state index in [0.717, 1.165) is 31.2 Å². The zero-order valence-electron chi connectivity index (χ0n) is 16.1. The molecule has 10 heteroatoms.